The molecule has 8 nitrogen and oxygen atoms in total. The van der Waals surface area contributed by atoms with Gasteiger partial charge in [0.15, 0.2) is 18.1 Å². The highest BCUT2D eigenvalue weighted by Crippen LogP contribution is 2.31. The van der Waals surface area contributed by atoms with Crippen LogP contribution in [0.15, 0.2) is 42.5 Å². The molecule has 0 atom stereocenters. The van der Waals surface area contributed by atoms with E-state index in [0.717, 1.165) is 5.69 Å². The van der Waals surface area contributed by atoms with Crippen molar-refractivity contribution in [1.82, 2.24) is 4.90 Å². The molecule has 0 spiro atoms. The SMILES string of the molecule is COc1cc([N+](=O)[O-])ccc1OCC(=O)N1CCN(c2cccc(Cl)c2)CC1. The highest BCUT2D eigenvalue weighted by atomic mass is 35.5. The highest BCUT2D eigenvalue weighted by molar-refractivity contribution is 6.30. The first-order valence-corrected chi connectivity index (χ1v) is 9.09. The quantitative estimate of drug-likeness (QED) is 0.542. The van der Waals surface area contributed by atoms with Gasteiger partial charge in [0, 0.05) is 43.0 Å². The van der Waals surface area contributed by atoms with Crippen LogP contribution in [0.4, 0.5) is 11.4 Å². The van der Waals surface area contributed by atoms with E-state index in [4.69, 9.17) is 21.1 Å². The third kappa shape index (κ3) is 4.64. The maximum absolute atomic E-state index is 12.5. The molecule has 0 unspecified atom stereocenters. The van der Waals surface area contributed by atoms with Crippen LogP contribution >= 0.6 is 11.6 Å². The lowest BCUT2D eigenvalue weighted by Gasteiger charge is -2.36. The number of hydrogen-bond donors (Lipinski definition) is 0. The fraction of sp³-hybridized carbons (Fsp3) is 0.316. The lowest BCUT2D eigenvalue weighted by atomic mass is 10.2. The number of ether oxygens (including phenoxy) is 2. The topological polar surface area (TPSA) is 85.2 Å². The highest BCUT2D eigenvalue weighted by Gasteiger charge is 2.22. The third-order valence-electron chi connectivity index (χ3n) is 4.51. The molecular formula is C19H20ClN3O5. The Morgan fingerprint density at radius 1 is 1.14 bits per heavy atom. The minimum Gasteiger partial charge on any atom is -0.493 e. The second-order valence-corrected chi connectivity index (χ2v) is 6.67. The van der Waals surface area contributed by atoms with Gasteiger partial charge in [0.2, 0.25) is 0 Å². The molecule has 0 saturated carbocycles. The summed E-state index contributed by atoms with van der Waals surface area (Å²) in [4.78, 5) is 26.7. The predicted octanol–water partition coefficient (Wildman–Crippen LogP) is 2.98. The number of benzene rings is 2. The molecule has 0 bridgehead atoms. The summed E-state index contributed by atoms with van der Waals surface area (Å²) in [5.41, 5.74) is 0.930. The molecule has 0 aliphatic carbocycles. The van der Waals surface area contributed by atoms with E-state index in [-0.39, 0.29) is 24.0 Å². The zero-order chi connectivity index (χ0) is 20.1. The van der Waals surface area contributed by atoms with Gasteiger partial charge in [-0.2, -0.15) is 0 Å². The van der Waals surface area contributed by atoms with Gasteiger partial charge in [-0.25, -0.2) is 0 Å². The van der Waals surface area contributed by atoms with Crippen LogP contribution in [-0.2, 0) is 4.79 Å². The van der Waals surface area contributed by atoms with E-state index in [9.17, 15) is 14.9 Å². The van der Waals surface area contributed by atoms with Crippen molar-refractivity contribution in [3.63, 3.8) is 0 Å². The standard InChI is InChI=1S/C19H20ClN3O5/c1-27-18-12-16(23(25)26)5-6-17(18)28-13-19(24)22-9-7-21(8-10-22)15-4-2-3-14(20)11-15/h2-6,11-12H,7-10,13H2,1H3. The Hall–Kier alpha value is -3.00. The number of halogens is 1. The Morgan fingerprint density at radius 2 is 1.89 bits per heavy atom. The van der Waals surface area contributed by atoms with Crippen molar-refractivity contribution in [3.8, 4) is 11.5 Å². The molecule has 0 N–H and O–H groups in total. The summed E-state index contributed by atoms with van der Waals surface area (Å²) >= 11 is 6.04. The number of nitro benzene ring substituents is 1. The number of rotatable bonds is 6. The molecule has 1 fully saturated rings. The lowest BCUT2D eigenvalue weighted by molar-refractivity contribution is -0.384. The van der Waals surface area contributed by atoms with E-state index < -0.39 is 4.92 Å². The molecule has 1 aliphatic rings. The molecular weight excluding hydrogens is 386 g/mol. The lowest BCUT2D eigenvalue weighted by Crippen LogP contribution is -2.50. The van der Waals surface area contributed by atoms with E-state index in [1.165, 1.54) is 25.3 Å². The Morgan fingerprint density at radius 3 is 2.54 bits per heavy atom. The summed E-state index contributed by atoms with van der Waals surface area (Å²) in [6.07, 6.45) is 0. The summed E-state index contributed by atoms with van der Waals surface area (Å²) in [5.74, 6) is 0.359. The molecule has 2 aromatic rings. The van der Waals surface area contributed by atoms with Crippen molar-refractivity contribution in [2.75, 3.05) is 44.8 Å². The van der Waals surface area contributed by atoms with Crippen LogP contribution in [0.3, 0.4) is 0 Å². The van der Waals surface area contributed by atoms with Crippen molar-refractivity contribution >= 4 is 28.9 Å². The summed E-state index contributed by atoms with van der Waals surface area (Å²) in [6.45, 7) is 2.39. The van der Waals surface area contributed by atoms with Crippen molar-refractivity contribution in [2.45, 2.75) is 0 Å². The molecule has 3 rings (SSSR count). The van der Waals surface area contributed by atoms with E-state index in [2.05, 4.69) is 4.90 Å². The second-order valence-electron chi connectivity index (χ2n) is 6.23. The third-order valence-corrected chi connectivity index (χ3v) is 4.75. The van der Waals surface area contributed by atoms with Gasteiger partial charge in [0.25, 0.3) is 11.6 Å². The number of anilines is 1. The zero-order valence-corrected chi connectivity index (χ0v) is 16.1. The van der Waals surface area contributed by atoms with Gasteiger partial charge in [-0.15, -0.1) is 0 Å². The van der Waals surface area contributed by atoms with Gasteiger partial charge < -0.3 is 19.3 Å². The fourth-order valence-electron chi connectivity index (χ4n) is 3.01. The number of non-ortho nitro benzene ring substituents is 1. The Balaban J connectivity index is 1.54. The van der Waals surface area contributed by atoms with Crippen LogP contribution in [0.25, 0.3) is 0 Å². The molecule has 1 saturated heterocycles. The first kappa shape index (κ1) is 19.8. The molecule has 1 amide bonds. The number of amides is 1. The Labute approximate surface area is 167 Å². The summed E-state index contributed by atoms with van der Waals surface area (Å²) in [5, 5.41) is 11.5. The smallest absolute Gasteiger partial charge is 0.273 e. The van der Waals surface area contributed by atoms with Gasteiger partial charge in [-0.3, -0.25) is 14.9 Å². The van der Waals surface area contributed by atoms with Crippen LogP contribution in [0.2, 0.25) is 5.02 Å². The molecule has 148 valence electrons. The molecule has 0 radical (unpaired) electrons. The van der Waals surface area contributed by atoms with E-state index >= 15 is 0 Å². The fourth-order valence-corrected chi connectivity index (χ4v) is 3.19. The number of carbonyl (C=O) groups is 1. The zero-order valence-electron chi connectivity index (χ0n) is 15.3. The number of carbonyl (C=O) groups excluding carboxylic acids is 1. The average Bonchev–Trinajstić information content (AvgIpc) is 2.72. The number of nitro groups is 1. The first-order chi connectivity index (χ1) is 13.5. The van der Waals surface area contributed by atoms with E-state index in [0.29, 0.717) is 37.0 Å². The van der Waals surface area contributed by atoms with Crippen LogP contribution in [0, 0.1) is 10.1 Å². The van der Waals surface area contributed by atoms with Gasteiger partial charge in [-0.05, 0) is 24.3 Å². The number of hydrogen-bond acceptors (Lipinski definition) is 6. The molecule has 0 aromatic heterocycles. The van der Waals surface area contributed by atoms with Crippen LogP contribution < -0.4 is 14.4 Å². The van der Waals surface area contributed by atoms with Gasteiger partial charge in [0.1, 0.15) is 0 Å². The van der Waals surface area contributed by atoms with Gasteiger partial charge in [-0.1, -0.05) is 17.7 Å². The van der Waals surface area contributed by atoms with Crippen molar-refractivity contribution in [1.29, 1.82) is 0 Å². The summed E-state index contributed by atoms with van der Waals surface area (Å²) in [7, 11) is 1.39. The Bertz CT molecular complexity index is 868. The minimum atomic E-state index is -0.517. The molecule has 1 heterocycles. The number of nitrogens with zero attached hydrogens (tertiary/aromatic N) is 3. The summed E-state index contributed by atoms with van der Waals surface area (Å²) < 4.78 is 10.6. The maximum Gasteiger partial charge on any atom is 0.273 e. The molecule has 2 aromatic carbocycles. The average molecular weight is 406 g/mol. The van der Waals surface area contributed by atoms with Gasteiger partial charge >= 0.3 is 0 Å². The van der Waals surface area contributed by atoms with E-state index in [1.54, 1.807) is 4.90 Å². The molecule has 1 aliphatic heterocycles. The van der Waals surface area contributed by atoms with Crippen molar-refractivity contribution < 1.29 is 19.2 Å². The second kappa shape index (κ2) is 8.79. The van der Waals surface area contributed by atoms with Crippen LogP contribution in [0.1, 0.15) is 0 Å². The monoisotopic (exact) mass is 405 g/mol. The Kier molecular flexibility index (Phi) is 6.20. The first-order valence-electron chi connectivity index (χ1n) is 8.71. The largest absolute Gasteiger partial charge is 0.493 e. The van der Waals surface area contributed by atoms with E-state index in [1.807, 2.05) is 24.3 Å². The van der Waals surface area contributed by atoms with Crippen LogP contribution in [0.5, 0.6) is 11.5 Å². The maximum atomic E-state index is 12.5. The van der Waals surface area contributed by atoms with Crippen molar-refractivity contribution in [2.24, 2.45) is 0 Å². The normalized spacial score (nSPS) is 13.9. The minimum absolute atomic E-state index is 0.104. The molecule has 9 heteroatoms. The molecule has 28 heavy (non-hydrogen) atoms. The van der Waals surface area contributed by atoms with Gasteiger partial charge in [0.05, 0.1) is 18.1 Å². The van der Waals surface area contributed by atoms with Crippen LogP contribution in [-0.4, -0.2) is 55.6 Å². The predicted molar refractivity (Wildman–Crippen MR) is 105 cm³/mol. The summed E-state index contributed by atoms with van der Waals surface area (Å²) in [6, 6.07) is 11.6. The van der Waals surface area contributed by atoms with Crippen molar-refractivity contribution in [3.05, 3.63) is 57.6 Å². The number of methoxy groups -OCH3 is 1. The number of piperazine rings is 1.